The van der Waals surface area contributed by atoms with Crippen LogP contribution < -0.4 is 5.48 Å². The number of nitrogens with one attached hydrogen (secondary N) is 1. The molecule has 0 aromatic heterocycles. The van der Waals surface area contributed by atoms with Crippen LogP contribution in [-0.4, -0.2) is 11.0 Å². The van der Waals surface area contributed by atoms with Gasteiger partial charge in [-0.3, -0.25) is 10.7 Å². The van der Waals surface area contributed by atoms with E-state index in [0.717, 1.165) is 11.3 Å². The molecule has 20 heavy (non-hydrogen) atoms. The number of hydrogen-bond acceptors (Lipinski definition) is 2. The average molecular weight is 268 g/mol. The highest BCUT2D eigenvalue weighted by Crippen LogP contribution is 2.24. The number of hydrogen-bond donors (Lipinski definition) is 2. The van der Waals surface area contributed by atoms with Crippen LogP contribution in [0.15, 0.2) is 59.6 Å². The first-order chi connectivity index (χ1) is 9.50. The van der Waals surface area contributed by atoms with Crippen molar-refractivity contribution in [3.05, 3.63) is 65.7 Å². The van der Waals surface area contributed by atoms with Crippen molar-refractivity contribution in [3.8, 4) is 0 Å². The molecular weight excluding hydrogens is 248 g/mol. The summed E-state index contributed by atoms with van der Waals surface area (Å²) in [6.45, 7) is 6.53. The van der Waals surface area contributed by atoms with Gasteiger partial charge in [0.2, 0.25) is 0 Å². The summed E-state index contributed by atoms with van der Waals surface area (Å²) >= 11 is 0. The van der Waals surface area contributed by atoms with Crippen molar-refractivity contribution < 1.29 is 5.21 Å². The molecule has 3 heteroatoms. The van der Waals surface area contributed by atoms with E-state index in [-0.39, 0.29) is 5.41 Å². The molecule has 0 aliphatic carbocycles. The van der Waals surface area contributed by atoms with Gasteiger partial charge >= 0.3 is 0 Å². The van der Waals surface area contributed by atoms with E-state index in [4.69, 9.17) is 0 Å². The third kappa shape index (κ3) is 3.45. The van der Waals surface area contributed by atoms with Crippen molar-refractivity contribution in [3.63, 3.8) is 0 Å². The van der Waals surface area contributed by atoms with Crippen molar-refractivity contribution in [2.24, 2.45) is 4.99 Å². The first-order valence-corrected chi connectivity index (χ1v) is 6.65. The molecule has 0 unspecified atom stereocenters. The molecule has 3 nitrogen and oxygen atoms in total. The zero-order valence-corrected chi connectivity index (χ0v) is 12.1. The van der Waals surface area contributed by atoms with E-state index >= 15 is 0 Å². The van der Waals surface area contributed by atoms with Gasteiger partial charge in [0.05, 0.1) is 5.69 Å². The first kappa shape index (κ1) is 14.3. The second kappa shape index (κ2) is 5.88. The summed E-state index contributed by atoms with van der Waals surface area (Å²) in [4.78, 5) is 4.43. The lowest BCUT2D eigenvalue weighted by atomic mass is 9.87. The summed E-state index contributed by atoms with van der Waals surface area (Å²) in [7, 11) is 0. The maximum atomic E-state index is 9.24. The van der Waals surface area contributed by atoms with Crippen LogP contribution in [0, 0.1) is 0 Å². The van der Waals surface area contributed by atoms with Gasteiger partial charge in [0.25, 0.3) is 0 Å². The van der Waals surface area contributed by atoms with Gasteiger partial charge in [-0.05, 0) is 23.1 Å². The van der Waals surface area contributed by atoms with Crippen LogP contribution in [-0.2, 0) is 5.41 Å². The van der Waals surface area contributed by atoms with Gasteiger partial charge in [-0.2, -0.15) is 0 Å². The number of aliphatic imine (C=N–C) groups is 1. The average Bonchev–Trinajstić information content (AvgIpc) is 2.45. The van der Waals surface area contributed by atoms with Gasteiger partial charge < -0.3 is 0 Å². The highest BCUT2D eigenvalue weighted by molar-refractivity contribution is 5.99. The fourth-order valence-electron chi connectivity index (χ4n) is 1.92. The molecule has 2 aromatic rings. The number of rotatable bonds is 2. The summed E-state index contributed by atoms with van der Waals surface area (Å²) in [5.41, 5.74) is 5.19. The van der Waals surface area contributed by atoms with Gasteiger partial charge in [-0.15, -0.1) is 0 Å². The summed E-state index contributed by atoms with van der Waals surface area (Å²) in [6, 6.07) is 17.6. The molecule has 0 saturated heterocycles. The minimum Gasteiger partial charge on any atom is -0.290 e. The predicted molar refractivity (Wildman–Crippen MR) is 82.7 cm³/mol. The van der Waals surface area contributed by atoms with Crippen LogP contribution in [0.5, 0.6) is 0 Å². The Balaban J connectivity index is 2.29. The molecule has 0 spiro atoms. The van der Waals surface area contributed by atoms with Crippen LogP contribution in [0.1, 0.15) is 31.9 Å². The minimum atomic E-state index is 0.125. The third-order valence-corrected chi connectivity index (χ3v) is 3.13. The molecule has 0 aliphatic rings. The molecule has 0 saturated carbocycles. The summed E-state index contributed by atoms with van der Waals surface area (Å²) < 4.78 is 0. The van der Waals surface area contributed by atoms with E-state index in [9.17, 15) is 5.21 Å². The van der Waals surface area contributed by atoms with Gasteiger partial charge in [0.15, 0.2) is 5.84 Å². The van der Waals surface area contributed by atoms with Crippen LogP contribution in [0.2, 0.25) is 0 Å². The van der Waals surface area contributed by atoms with E-state index in [1.165, 1.54) is 5.56 Å². The molecule has 0 radical (unpaired) electrons. The zero-order chi connectivity index (χ0) is 14.6. The van der Waals surface area contributed by atoms with Crippen molar-refractivity contribution in [2.75, 3.05) is 0 Å². The van der Waals surface area contributed by atoms with Gasteiger partial charge in [0, 0.05) is 5.56 Å². The number of nitrogens with zero attached hydrogens (tertiary/aromatic N) is 1. The fraction of sp³-hybridized carbons (Fsp3) is 0.235. The van der Waals surface area contributed by atoms with Crippen molar-refractivity contribution in [1.82, 2.24) is 5.48 Å². The standard InChI is InChI=1S/C17H20N2O/c1-17(2,3)14-9-11-15(12-10-14)18-16(19-20)13-7-5-4-6-8-13/h4-12,20H,1-3H3,(H,18,19). The van der Waals surface area contributed by atoms with E-state index in [2.05, 4.69) is 43.4 Å². The molecule has 0 atom stereocenters. The maximum Gasteiger partial charge on any atom is 0.157 e. The molecule has 2 rings (SSSR count). The second-order valence-corrected chi connectivity index (χ2v) is 5.74. The number of benzene rings is 2. The minimum absolute atomic E-state index is 0.125. The monoisotopic (exact) mass is 268 g/mol. The normalized spacial score (nSPS) is 12.3. The molecule has 104 valence electrons. The van der Waals surface area contributed by atoms with Crippen LogP contribution >= 0.6 is 0 Å². The number of amidine groups is 1. The highest BCUT2D eigenvalue weighted by Gasteiger charge is 2.12. The SMILES string of the molecule is CC(C)(C)c1ccc(N=C(NO)c2ccccc2)cc1. The third-order valence-electron chi connectivity index (χ3n) is 3.13. The fourth-order valence-corrected chi connectivity index (χ4v) is 1.92. The largest absolute Gasteiger partial charge is 0.290 e. The van der Waals surface area contributed by atoms with Crippen molar-refractivity contribution in [2.45, 2.75) is 26.2 Å². The molecule has 0 fully saturated rings. The second-order valence-electron chi connectivity index (χ2n) is 5.74. The molecule has 0 aliphatic heterocycles. The van der Waals surface area contributed by atoms with Crippen LogP contribution in [0.3, 0.4) is 0 Å². The lowest BCUT2D eigenvalue weighted by Gasteiger charge is -2.18. The summed E-state index contributed by atoms with van der Waals surface area (Å²) in [6.07, 6.45) is 0. The van der Waals surface area contributed by atoms with Gasteiger partial charge in [-0.25, -0.2) is 4.99 Å². The first-order valence-electron chi connectivity index (χ1n) is 6.65. The van der Waals surface area contributed by atoms with E-state index in [1.54, 1.807) is 0 Å². The van der Waals surface area contributed by atoms with Gasteiger partial charge in [-0.1, -0.05) is 63.2 Å². The molecule has 2 aromatic carbocycles. The van der Waals surface area contributed by atoms with Crippen molar-refractivity contribution >= 4 is 11.5 Å². The van der Waals surface area contributed by atoms with Crippen LogP contribution in [0.4, 0.5) is 5.69 Å². The molecule has 0 heterocycles. The predicted octanol–water partition coefficient (Wildman–Crippen LogP) is 4.04. The van der Waals surface area contributed by atoms with Gasteiger partial charge in [0.1, 0.15) is 0 Å². The molecule has 0 amide bonds. The van der Waals surface area contributed by atoms with Crippen LogP contribution in [0.25, 0.3) is 0 Å². The molecule has 2 N–H and O–H groups in total. The highest BCUT2D eigenvalue weighted by atomic mass is 16.5. The number of hydroxylamine groups is 1. The Labute approximate surface area is 120 Å². The lowest BCUT2D eigenvalue weighted by molar-refractivity contribution is 0.235. The topological polar surface area (TPSA) is 44.6 Å². The van der Waals surface area contributed by atoms with Crippen molar-refractivity contribution in [1.29, 1.82) is 0 Å². The van der Waals surface area contributed by atoms with E-state index in [1.807, 2.05) is 42.5 Å². The van der Waals surface area contributed by atoms with E-state index in [0.29, 0.717) is 5.84 Å². The Morgan fingerprint density at radius 3 is 2.05 bits per heavy atom. The zero-order valence-electron chi connectivity index (χ0n) is 12.1. The molecular formula is C17H20N2O. The molecule has 0 bridgehead atoms. The summed E-state index contributed by atoms with van der Waals surface area (Å²) in [5.74, 6) is 0.439. The Morgan fingerprint density at radius 2 is 1.55 bits per heavy atom. The smallest absolute Gasteiger partial charge is 0.157 e. The lowest BCUT2D eigenvalue weighted by Crippen LogP contribution is -2.19. The Kier molecular flexibility index (Phi) is 4.20. The van der Waals surface area contributed by atoms with E-state index < -0.39 is 0 Å². The Hall–Kier alpha value is -2.13. The Bertz CT molecular complexity index is 581. The summed E-state index contributed by atoms with van der Waals surface area (Å²) in [5, 5.41) is 9.24. The maximum absolute atomic E-state index is 9.24. The quantitative estimate of drug-likeness (QED) is 0.490. The Morgan fingerprint density at radius 1 is 0.950 bits per heavy atom.